The molecule has 1 aromatic heterocycles. The van der Waals surface area contributed by atoms with E-state index in [1.54, 1.807) is 42.6 Å². The van der Waals surface area contributed by atoms with E-state index in [1.165, 1.54) is 6.92 Å². The zero-order chi connectivity index (χ0) is 16.1. The lowest BCUT2D eigenvalue weighted by Gasteiger charge is -2.13. The second-order valence-electron chi connectivity index (χ2n) is 5.29. The van der Waals surface area contributed by atoms with Crippen molar-refractivity contribution >= 4 is 23.2 Å². The van der Waals surface area contributed by atoms with Crippen LogP contribution < -0.4 is 10.6 Å². The Kier molecular flexibility index (Phi) is 4.88. The van der Waals surface area contributed by atoms with Crippen LogP contribution in [-0.2, 0) is 0 Å². The summed E-state index contributed by atoms with van der Waals surface area (Å²) in [6.07, 6.45) is 1.64. The molecule has 0 aliphatic rings. The van der Waals surface area contributed by atoms with Crippen molar-refractivity contribution in [3.8, 4) is 0 Å². The lowest BCUT2D eigenvalue weighted by molar-refractivity contribution is 0.101. The highest BCUT2D eigenvalue weighted by molar-refractivity contribution is 6.08. The van der Waals surface area contributed by atoms with Gasteiger partial charge in [0.05, 0.1) is 5.56 Å². The van der Waals surface area contributed by atoms with Gasteiger partial charge in [-0.3, -0.25) is 9.59 Å². The molecule has 22 heavy (non-hydrogen) atoms. The lowest BCUT2D eigenvalue weighted by Crippen LogP contribution is -2.18. The number of amides is 1. The summed E-state index contributed by atoms with van der Waals surface area (Å²) in [6.45, 7) is 5.45. The molecule has 2 N–H and O–H groups in total. The van der Waals surface area contributed by atoms with E-state index in [2.05, 4.69) is 15.6 Å². The summed E-state index contributed by atoms with van der Waals surface area (Å²) in [7, 11) is 0. The summed E-state index contributed by atoms with van der Waals surface area (Å²) in [5.41, 5.74) is 1.60. The van der Waals surface area contributed by atoms with Crippen molar-refractivity contribution in [1.82, 2.24) is 4.98 Å². The quantitative estimate of drug-likeness (QED) is 0.830. The summed E-state index contributed by atoms with van der Waals surface area (Å²) in [4.78, 5) is 28.0. The molecule has 0 spiro atoms. The van der Waals surface area contributed by atoms with Crippen LogP contribution in [0, 0.1) is 0 Å². The molecule has 0 bridgehead atoms. The molecule has 0 fully saturated rings. The Bertz CT molecular complexity index is 696. The van der Waals surface area contributed by atoms with Crippen LogP contribution in [0.3, 0.4) is 0 Å². The summed E-state index contributed by atoms with van der Waals surface area (Å²) in [5.74, 6) is 0.231. The average molecular weight is 297 g/mol. The van der Waals surface area contributed by atoms with Crippen LogP contribution >= 0.6 is 0 Å². The lowest BCUT2D eigenvalue weighted by atomic mass is 10.1. The summed E-state index contributed by atoms with van der Waals surface area (Å²) in [6, 6.07) is 10.5. The molecule has 0 radical (unpaired) electrons. The number of hydrogen-bond donors (Lipinski definition) is 2. The Morgan fingerprint density at radius 2 is 1.91 bits per heavy atom. The van der Waals surface area contributed by atoms with Crippen molar-refractivity contribution in [3.63, 3.8) is 0 Å². The van der Waals surface area contributed by atoms with Gasteiger partial charge in [-0.25, -0.2) is 4.98 Å². The van der Waals surface area contributed by atoms with Gasteiger partial charge >= 0.3 is 0 Å². The fraction of sp³-hybridized carbons (Fsp3) is 0.235. The van der Waals surface area contributed by atoms with E-state index in [1.807, 2.05) is 13.8 Å². The first-order valence-corrected chi connectivity index (χ1v) is 7.11. The predicted molar refractivity (Wildman–Crippen MR) is 87.4 cm³/mol. The highest BCUT2D eigenvalue weighted by Gasteiger charge is 2.13. The van der Waals surface area contributed by atoms with Gasteiger partial charge in [0.2, 0.25) is 0 Å². The van der Waals surface area contributed by atoms with Gasteiger partial charge < -0.3 is 10.6 Å². The maximum Gasteiger partial charge on any atom is 0.259 e. The van der Waals surface area contributed by atoms with Crippen LogP contribution in [-0.4, -0.2) is 22.7 Å². The molecule has 0 saturated heterocycles. The number of hydrogen-bond acceptors (Lipinski definition) is 4. The molecule has 0 saturated carbocycles. The van der Waals surface area contributed by atoms with Crippen molar-refractivity contribution in [1.29, 1.82) is 0 Å². The van der Waals surface area contributed by atoms with Gasteiger partial charge in [-0.05, 0) is 45.0 Å². The van der Waals surface area contributed by atoms with Crippen LogP contribution in [0.2, 0.25) is 0 Å². The number of nitrogens with one attached hydrogen (secondary N) is 2. The molecule has 2 aromatic rings. The molecule has 1 heterocycles. The molecule has 2 rings (SSSR count). The zero-order valence-electron chi connectivity index (χ0n) is 12.9. The van der Waals surface area contributed by atoms with Crippen LogP contribution in [0.25, 0.3) is 0 Å². The first-order chi connectivity index (χ1) is 10.5. The number of aromatic nitrogens is 1. The molecular formula is C17H19N3O2. The number of nitrogens with zero attached hydrogens (tertiary/aromatic N) is 1. The Balaban J connectivity index is 2.22. The number of anilines is 2. The molecular weight excluding hydrogens is 278 g/mol. The molecule has 5 heteroatoms. The van der Waals surface area contributed by atoms with Crippen LogP contribution in [0.4, 0.5) is 11.5 Å². The third kappa shape index (κ3) is 3.91. The van der Waals surface area contributed by atoms with E-state index in [0.717, 1.165) is 0 Å². The minimum Gasteiger partial charge on any atom is -0.367 e. The number of ketones is 1. The van der Waals surface area contributed by atoms with E-state index >= 15 is 0 Å². The smallest absolute Gasteiger partial charge is 0.259 e. The van der Waals surface area contributed by atoms with Gasteiger partial charge in [0.15, 0.2) is 5.78 Å². The Morgan fingerprint density at radius 3 is 2.59 bits per heavy atom. The van der Waals surface area contributed by atoms with E-state index in [4.69, 9.17) is 0 Å². The number of carbonyl (C=O) groups excluding carboxylic acids is 2. The third-order valence-electron chi connectivity index (χ3n) is 3.00. The molecule has 1 amide bonds. The largest absolute Gasteiger partial charge is 0.367 e. The highest BCUT2D eigenvalue weighted by atomic mass is 16.1. The van der Waals surface area contributed by atoms with Gasteiger partial charge in [0.25, 0.3) is 5.91 Å². The Morgan fingerprint density at radius 1 is 1.14 bits per heavy atom. The first-order valence-electron chi connectivity index (χ1n) is 7.11. The molecule has 1 aromatic carbocycles. The SMILES string of the molecule is CC(=O)c1cccc(NC(=O)c2cccnc2NC(C)C)c1. The average Bonchev–Trinajstić information content (AvgIpc) is 2.47. The monoisotopic (exact) mass is 297 g/mol. The van der Waals surface area contributed by atoms with Crippen LogP contribution in [0.1, 0.15) is 41.5 Å². The van der Waals surface area contributed by atoms with Crippen molar-refractivity contribution in [2.24, 2.45) is 0 Å². The van der Waals surface area contributed by atoms with Crippen LogP contribution in [0.5, 0.6) is 0 Å². The maximum atomic E-state index is 12.4. The fourth-order valence-corrected chi connectivity index (χ4v) is 1.99. The van der Waals surface area contributed by atoms with E-state index in [-0.39, 0.29) is 17.7 Å². The summed E-state index contributed by atoms with van der Waals surface area (Å²) < 4.78 is 0. The van der Waals surface area contributed by atoms with Gasteiger partial charge in [-0.2, -0.15) is 0 Å². The van der Waals surface area contributed by atoms with E-state index < -0.39 is 0 Å². The van der Waals surface area contributed by atoms with Crippen molar-refractivity contribution in [2.75, 3.05) is 10.6 Å². The number of pyridine rings is 1. The summed E-state index contributed by atoms with van der Waals surface area (Å²) in [5, 5.41) is 5.94. The molecule has 0 atom stereocenters. The fourth-order valence-electron chi connectivity index (χ4n) is 1.99. The van der Waals surface area contributed by atoms with Gasteiger partial charge in [0, 0.05) is 23.5 Å². The minimum atomic E-state index is -0.267. The number of rotatable bonds is 5. The van der Waals surface area contributed by atoms with Crippen molar-refractivity contribution < 1.29 is 9.59 Å². The second-order valence-corrected chi connectivity index (χ2v) is 5.29. The molecule has 5 nitrogen and oxygen atoms in total. The zero-order valence-corrected chi connectivity index (χ0v) is 12.9. The maximum absolute atomic E-state index is 12.4. The van der Waals surface area contributed by atoms with Gasteiger partial charge in [0.1, 0.15) is 5.82 Å². The summed E-state index contributed by atoms with van der Waals surface area (Å²) >= 11 is 0. The number of Topliss-reactive ketones (excluding diaryl/α,β-unsaturated/α-hetero) is 1. The predicted octanol–water partition coefficient (Wildman–Crippen LogP) is 3.36. The first kappa shape index (κ1) is 15.7. The number of benzene rings is 1. The highest BCUT2D eigenvalue weighted by Crippen LogP contribution is 2.17. The number of carbonyl (C=O) groups is 2. The Hall–Kier alpha value is -2.69. The molecule has 0 aliphatic carbocycles. The van der Waals surface area contributed by atoms with Crippen LogP contribution in [0.15, 0.2) is 42.6 Å². The third-order valence-corrected chi connectivity index (χ3v) is 3.00. The van der Waals surface area contributed by atoms with Gasteiger partial charge in [-0.15, -0.1) is 0 Å². The van der Waals surface area contributed by atoms with Crippen molar-refractivity contribution in [3.05, 3.63) is 53.7 Å². The topological polar surface area (TPSA) is 71.1 Å². The van der Waals surface area contributed by atoms with Gasteiger partial charge in [-0.1, -0.05) is 12.1 Å². The van der Waals surface area contributed by atoms with E-state index in [9.17, 15) is 9.59 Å². The molecule has 0 unspecified atom stereocenters. The van der Waals surface area contributed by atoms with Crippen molar-refractivity contribution in [2.45, 2.75) is 26.8 Å². The molecule has 114 valence electrons. The Labute approximate surface area is 129 Å². The standard InChI is InChI=1S/C17H19N3O2/c1-11(2)19-16-15(8-5-9-18-16)17(22)20-14-7-4-6-13(10-14)12(3)21/h4-11H,1-3H3,(H,18,19)(H,20,22). The second kappa shape index (κ2) is 6.85. The normalized spacial score (nSPS) is 10.4. The van der Waals surface area contributed by atoms with E-state index in [0.29, 0.717) is 22.6 Å². The molecule has 0 aliphatic heterocycles. The minimum absolute atomic E-state index is 0.0420.